The number of nitrogens with one attached hydrogen (secondary N) is 1. The molecule has 1 aromatic carbocycles. The lowest BCUT2D eigenvalue weighted by molar-refractivity contribution is -0.00801. The maximum Gasteiger partial charge on any atom is 0.193 e. The van der Waals surface area contributed by atoms with Crippen molar-refractivity contribution >= 4 is 11.6 Å². The summed E-state index contributed by atoms with van der Waals surface area (Å²) in [5.41, 5.74) is 3.71. The van der Waals surface area contributed by atoms with Crippen molar-refractivity contribution in [2.45, 2.75) is 18.9 Å². The molecule has 0 saturated carbocycles. The van der Waals surface area contributed by atoms with Gasteiger partial charge in [-0.1, -0.05) is 12.1 Å². The fraction of sp³-hybridized carbons (Fsp3) is 0.524. The lowest BCUT2D eigenvalue weighted by atomic mass is 10.1. The molecule has 0 aliphatic carbocycles. The largest absolute Gasteiger partial charge is 0.378 e. The van der Waals surface area contributed by atoms with E-state index in [1.54, 1.807) is 0 Å². The third-order valence-corrected chi connectivity index (χ3v) is 5.05. The average Bonchev–Trinajstić information content (AvgIpc) is 3.15. The van der Waals surface area contributed by atoms with Gasteiger partial charge in [-0.15, -0.1) is 0 Å². The Morgan fingerprint density at radius 3 is 2.75 bits per heavy atom. The van der Waals surface area contributed by atoms with Crippen LogP contribution in [0.2, 0.25) is 0 Å². The second-order valence-corrected chi connectivity index (χ2v) is 7.39. The molecule has 2 heterocycles. The minimum atomic E-state index is 0.0382. The number of morpholine rings is 1. The number of aryl methyl sites for hydroxylation is 2. The number of guanidine groups is 1. The van der Waals surface area contributed by atoms with Crippen LogP contribution in [0, 0.1) is 0 Å². The Morgan fingerprint density at radius 1 is 1.32 bits per heavy atom. The number of benzene rings is 1. The molecule has 1 atom stereocenters. The van der Waals surface area contributed by atoms with Crippen molar-refractivity contribution in [1.82, 2.24) is 20.0 Å². The summed E-state index contributed by atoms with van der Waals surface area (Å²) in [5, 5.41) is 7.76. The topological polar surface area (TPSA) is 57.9 Å². The molecule has 28 heavy (non-hydrogen) atoms. The van der Waals surface area contributed by atoms with Gasteiger partial charge in [-0.05, 0) is 30.5 Å². The Hall–Kier alpha value is -2.54. The third kappa shape index (κ3) is 5.25. The highest BCUT2D eigenvalue weighted by Crippen LogP contribution is 2.21. The number of ether oxygens (including phenoxy) is 1. The maximum absolute atomic E-state index is 5.93. The summed E-state index contributed by atoms with van der Waals surface area (Å²) in [7, 11) is 7.90. The van der Waals surface area contributed by atoms with Gasteiger partial charge in [0.25, 0.3) is 0 Å². The first-order valence-electron chi connectivity index (χ1n) is 9.89. The molecule has 152 valence electrons. The van der Waals surface area contributed by atoms with E-state index in [4.69, 9.17) is 4.74 Å². The third-order valence-electron chi connectivity index (χ3n) is 5.05. The molecule has 1 aromatic heterocycles. The van der Waals surface area contributed by atoms with E-state index >= 15 is 0 Å². The lowest BCUT2D eigenvalue weighted by Crippen LogP contribution is -2.48. The Balaban J connectivity index is 1.46. The van der Waals surface area contributed by atoms with Gasteiger partial charge in [-0.2, -0.15) is 5.10 Å². The van der Waals surface area contributed by atoms with E-state index in [0.717, 1.165) is 44.0 Å². The van der Waals surface area contributed by atoms with E-state index in [-0.39, 0.29) is 6.10 Å². The first-order chi connectivity index (χ1) is 13.6. The minimum absolute atomic E-state index is 0.0382. The first-order valence-corrected chi connectivity index (χ1v) is 9.89. The number of aromatic nitrogens is 2. The van der Waals surface area contributed by atoms with Crippen LogP contribution in [0.5, 0.6) is 0 Å². The van der Waals surface area contributed by atoms with E-state index in [2.05, 4.69) is 63.6 Å². The Labute approximate surface area is 168 Å². The molecule has 1 saturated heterocycles. The summed E-state index contributed by atoms with van der Waals surface area (Å²) in [6.45, 7) is 3.23. The van der Waals surface area contributed by atoms with Gasteiger partial charge in [0.1, 0.15) is 6.10 Å². The second-order valence-electron chi connectivity index (χ2n) is 7.39. The fourth-order valence-corrected chi connectivity index (χ4v) is 3.44. The van der Waals surface area contributed by atoms with Crippen molar-refractivity contribution in [2.75, 3.05) is 52.3 Å². The highest BCUT2D eigenvalue weighted by atomic mass is 16.5. The molecule has 1 N–H and O–H groups in total. The average molecular weight is 385 g/mol. The van der Waals surface area contributed by atoms with Gasteiger partial charge in [0.2, 0.25) is 0 Å². The second kappa shape index (κ2) is 9.59. The van der Waals surface area contributed by atoms with Gasteiger partial charge in [-0.3, -0.25) is 9.67 Å². The molecular weight excluding hydrogens is 352 g/mol. The van der Waals surface area contributed by atoms with Gasteiger partial charge in [0.05, 0.1) is 19.3 Å². The van der Waals surface area contributed by atoms with Crippen molar-refractivity contribution in [3.05, 3.63) is 47.8 Å². The van der Waals surface area contributed by atoms with Crippen LogP contribution in [-0.2, 0) is 18.2 Å². The molecule has 1 aliphatic heterocycles. The van der Waals surface area contributed by atoms with Crippen LogP contribution in [0.25, 0.3) is 0 Å². The molecule has 7 heteroatoms. The Morgan fingerprint density at radius 2 is 2.11 bits per heavy atom. The van der Waals surface area contributed by atoms with Gasteiger partial charge in [-0.25, -0.2) is 0 Å². The zero-order valence-electron chi connectivity index (χ0n) is 17.4. The number of rotatable bonds is 6. The van der Waals surface area contributed by atoms with Gasteiger partial charge >= 0.3 is 0 Å². The molecule has 0 amide bonds. The number of nitrogens with zero attached hydrogens (tertiary/aromatic N) is 5. The van der Waals surface area contributed by atoms with Crippen molar-refractivity contribution in [3.8, 4) is 0 Å². The molecule has 0 spiro atoms. The van der Waals surface area contributed by atoms with Crippen LogP contribution in [-0.4, -0.2) is 68.0 Å². The number of anilines is 1. The monoisotopic (exact) mass is 384 g/mol. The molecular formula is C21H32N6O. The first kappa shape index (κ1) is 20.2. The van der Waals surface area contributed by atoms with E-state index in [0.29, 0.717) is 6.61 Å². The van der Waals surface area contributed by atoms with Gasteiger partial charge in [0, 0.05) is 58.7 Å². The number of aliphatic imine (C=N–C) groups is 1. The predicted octanol–water partition coefficient (Wildman–Crippen LogP) is 2.07. The zero-order valence-corrected chi connectivity index (χ0v) is 17.4. The molecule has 0 radical (unpaired) electrons. The van der Waals surface area contributed by atoms with E-state index in [1.807, 2.05) is 31.2 Å². The fourth-order valence-electron chi connectivity index (χ4n) is 3.44. The summed E-state index contributed by atoms with van der Waals surface area (Å²) in [6, 6.07) is 8.78. The maximum atomic E-state index is 5.93. The SMILES string of the molecule is CN=C(NCCCc1ccc(N(C)C)cc1)N1CCOC(c2cnn(C)c2)C1. The smallest absolute Gasteiger partial charge is 0.193 e. The minimum Gasteiger partial charge on any atom is -0.378 e. The van der Waals surface area contributed by atoms with Crippen LogP contribution >= 0.6 is 0 Å². The summed E-state index contributed by atoms with van der Waals surface area (Å²) >= 11 is 0. The molecule has 0 bridgehead atoms. The normalized spacial score (nSPS) is 17.6. The van der Waals surface area contributed by atoms with E-state index in [9.17, 15) is 0 Å². The Kier molecular flexibility index (Phi) is 6.92. The molecule has 1 fully saturated rings. The van der Waals surface area contributed by atoms with Gasteiger partial charge in [0.15, 0.2) is 5.96 Å². The molecule has 2 aromatic rings. The van der Waals surface area contributed by atoms with E-state index < -0.39 is 0 Å². The lowest BCUT2D eigenvalue weighted by Gasteiger charge is -2.34. The molecule has 1 aliphatic rings. The van der Waals surface area contributed by atoms with Crippen molar-refractivity contribution in [3.63, 3.8) is 0 Å². The quantitative estimate of drug-likeness (QED) is 0.469. The highest BCUT2D eigenvalue weighted by molar-refractivity contribution is 5.80. The van der Waals surface area contributed by atoms with Crippen molar-refractivity contribution in [1.29, 1.82) is 0 Å². The summed E-state index contributed by atoms with van der Waals surface area (Å²) in [4.78, 5) is 8.86. The summed E-state index contributed by atoms with van der Waals surface area (Å²) in [5.74, 6) is 0.945. The van der Waals surface area contributed by atoms with Crippen molar-refractivity contribution in [2.24, 2.45) is 12.0 Å². The molecule has 3 rings (SSSR count). The molecule has 1 unspecified atom stereocenters. The predicted molar refractivity (Wildman–Crippen MR) is 114 cm³/mol. The molecule has 7 nitrogen and oxygen atoms in total. The standard InChI is InChI=1S/C21H32N6O/c1-22-21(23-11-5-6-17-7-9-19(10-8-17)25(2)3)27-12-13-28-20(16-27)18-14-24-26(4)15-18/h7-10,14-15,20H,5-6,11-13,16H2,1-4H3,(H,22,23). The number of hydrogen-bond donors (Lipinski definition) is 1. The van der Waals surface area contributed by atoms with Crippen molar-refractivity contribution < 1.29 is 4.74 Å². The zero-order chi connectivity index (χ0) is 19.9. The summed E-state index contributed by atoms with van der Waals surface area (Å²) in [6.07, 6.45) is 6.06. The van der Waals surface area contributed by atoms with Crippen LogP contribution in [0.1, 0.15) is 23.7 Å². The van der Waals surface area contributed by atoms with Crippen LogP contribution in [0.15, 0.2) is 41.7 Å². The van der Waals surface area contributed by atoms with Gasteiger partial charge < -0.3 is 19.9 Å². The Bertz CT molecular complexity index is 767. The van der Waals surface area contributed by atoms with Crippen LogP contribution < -0.4 is 10.2 Å². The summed E-state index contributed by atoms with van der Waals surface area (Å²) < 4.78 is 7.75. The van der Waals surface area contributed by atoms with Crippen LogP contribution in [0.3, 0.4) is 0 Å². The highest BCUT2D eigenvalue weighted by Gasteiger charge is 2.24. The van der Waals surface area contributed by atoms with Crippen LogP contribution in [0.4, 0.5) is 5.69 Å². The number of hydrogen-bond acceptors (Lipinski definition) is 4. The van der Waals surface area contributed by atoms with E-state index in [1.165, 1.54) is 11.3 Å².